The van der Waals surface area contributed by atoms with E-state index in [1.54, 1.807) is 18.2 Å². The van der Waals surface area contributed by atoms with Crippen molar-refractivity contribution < 1.29 is 14.3 Å². The number of rotatable bonds is 5. The van der Waals surface area contributed by atoms with Gasteiger partial charge in [-0.2, -0.15) is 0 Å². The zero-order valence-corrected chi connectivity index (χ0v) is 14.3. The Morgan fingerprint density at radius 3 is 2.48 bits per heavy atom. The molecule has 5 nitrogen and oxygen atoms in total. The van der Waals surface area contributed by atoms with E-state index in [0.717, 1.165) is 5.56 Å². The van der Waals surface area contributed by atoms with E-state index < -0.39 is 5.91 Å². The molecule has 0 aliphatic heterocycles. The number of halogens is 3. The number of benzene rings is 2. The van der Waals surface area contributed by atoms with Crippen LogP contribution in [0, 0.1) is 0 Å². The van der Waals surface area contributed by atoms with Crippen LogP contribution in [0.2, 0.25) is 15.1 Å². The van der Waals surface area contributed by atoms with Crippen LogP contribution in [-0.2, 0) is 6.61 Å². The van der Waals surface area contributed by atoms with Crippen LogP contribution < -0.4 is 20.7 Å². The van der Waals surface area contributed by atoms with Gasteiger partial charge in [-0.15, -0.1) is 0 Å². The van der Waals surface area contributed by atoms with Gasteiger partial charge < -0.3 is 9.47 Å². The molecular weight excluding hydrogens is 363 g/mol. The average Bonchev–Trinajstić information content (AvgIpc) is 2.55. The Kier molecular flexibility index (Phi) is 5.96. The molecule has 0 saturated carbocycles. The van der Waals surface area contributed by atoms with Gasteiger partial charge in [-0.1, -0.05) is 40.9 Å². The van der Waals surface area contributed by atoms with E-state index in [1.165, 1.54) is 19.2 Å². The summed E-state index contributed by atoms with van der Waals surface area (Å²) in [5.41, 5.74) is 3.09. The molecule has 23 heavy (non-hydrogen) atoms. The number of nitrogens with one attached hydrogen (secondary N) is 1. The first-order chi connectivity index (χ1) is 11.0. The fourth-order valence-corrected chi connectivity index (χ4v) is 2.45. The van der Waals surface area contributed by atoms with Crippen LogP contribution in [0.25, 0.3) is 0 Å². The van der Waals surface area contributed by atoms with Crippen molar-refractivity contribution in [3.8, 4) is 11.5 Å². The molecule has 2 aromatic carbocycles. The highest BCUT2D eigenvalue weighted by Gasteiger charge is 2.15. The number of amides is 1. The lowest BCUT2D eigenvalue weighted by molar-refractivity contribution is 0.0953. The van der Waals surface area contributed by atoms with Crippen LogP contribution in [0.4, 0.5) is 0 Å². The fraction of sp³-hybridized carbons (Fsp3) is 0.133. The Balaban J connectivity index is 2.25. The predicted molar refractivity (Wildman–Crippen MR) is 90.5 cm³/mol. The maximum absolute atomic E-state index is 11.6. The Hall–Kier alpha value is -1.66. The van der Waals surface area contributed by atoms with Gasteiger partial charge in [0.25, 0.3) is 5.91 Å². The number of carbonyl (C=O) groups excluding carboxylic acids is 1. The number of nitrogens with two attached hydrogens (primary N) is 1. The number of hydrogen-bond acceptors (Lipinski definition) is 4. The summed E-state index contributed by atoms with van der Waals surface area (Å²) in [6.07, 6.45) is 0. The zero-order valence-electron chi connectivity index (χ0n) is 12.0. The summed E-state index contributed by atoms with van der Waals surface area (Å²) in [5, 5.41) is 1.12. The van der Waals surface area contributed by atoms with Gasteiger partial charge in [-0.3, -0.25) is 10.2 Å². The standard InChI is InChI=1S/C15H13Cl3N2O3/c1-22-13-6-9(15(21)20-19)5-12(18)14(13)23-7-8-2-3-10(16)11(17)4-8/h2-6H,7,19H2,1H3,(H,20,21). The van der Waals surface area contributed by atoms with Gasteiger partial charge in [0.15, 0.2) is 11.5 Å². The monoisotopic (exact) mass is 374 g/mol. The lowest BCUT2D eigenvalue weighted by Gasteiger charge is -2.14. The van der Waals surface area contributed by atoms with Crippen LogP contribution in [0.1, 0.15) is 15.9 Å². The molecule has 0 bridgehead atoms. The second kappa shape index (κ2) is 7.75. The van der Waals surface area contributed by atoms with Crippen molar-refractivity contribution in [3.05, 3.63) is 56.5 Å². The Labute approximate surface area is 148 Å². The summed E-state index contributed by atoms with van der Waals surface area (Å²) < 4.78 is 10.9. The quantitative estimate of drug-likeness (QED) is 0.473. The van der Waals surface area contributed by atoms with Crippen molar-refractivity contribution in [1.82, 2.24) is 5.43 Å². The first-order valence-corrected chi connectivity index (χ1v) is 7.55. The van der Waals surface area contributed by atoms with Gasteiger partial charge in [-0.05, 0) is 29.8 Å². The minimum absolute atomic E-state index is 0.204. The predicted octanol–water partition coefficient (Wildman–Crippen LogP) is 3.84. The molecule has 0 spiro atoms. The summed E-state index contributed by atoms with van der Waals surface area (Å²) in [4.78, 5) is 11.6. The summed E-state index contributed by atoms with van der Waals surface area (Å²) in [6.45, 7) is 0.204. The molecule has 0 aliphatic rings. The molecule has 0 unspecified atom stereocenters. The van der Waals surface area contributed by atoms with Crippen molar-refractivity contribution >= 4 is 40.7 Å². The lowest BCUT2D eigenvalue weighted by atomic mass is 10.2. The average molecular weight is 376 g/mol. The van der Waals surface area contributed by atoms with Gasteiger partial charge in [0, 0.05) is 5.56 Å². The SMILES string of the molecule is COc1cc(C(=O)NN)cc(Cl)c1OCc1ccc(Cl)c(Cl)c1. The number of hydrogen-bond donors (Lipinski definition) is 2. The third kappa shape index (κ3) is 4.20. The van der Waals surface area contributed by atoms with Crippen molar-refractivity contribution in [2.75, 3.05) is 7.11 Å². The molecule has 3 N–H and O–H groups in total. The van der Waals surface area contributed by atoms with E-state index >= 15 is 0 Å². The number of ether oxygens (including phenoxy) is 2. The minimum Gasteiger partial charge on any atom is -0.493 e. The Bertz CT molecular complexity index is 738. The number of nitrogen functional groups attached to an aromatic ring is 1. The van der Waals surface area contributed by atoms with E-state index in [0.29, 0.717) is 21.5 Å². The fourth-order valence-electron chi connectivity index (χ4n) is 1.86. The van der Waals surface area contributed by atoms with Gasteiger partial charge in [-0.25, -0.2) is 5.84 Å². The van der Waals surface area contributed by atoms with Gasteiger partial charge in [0.05, 0.1) is 22.2 Å². The number of hydrazine groups is 1. The molecule has 8 heteroatoms. The molecule has 1 amide bonds. The zero-order chi connectivity index (χ0) is 17.0. The van der Waals surface area contributed by atoms with E-state index in [1.807, 2.05) is 5.43 Å². The molecule has 0 fully saturated rings. The van der Waals surface area contributed by atoms with E-state index in [4.69, 9.17) is 50.1 Å². The van der Waals surface area contributed by atoms with Crippen LogP contribution in [-0.4, -0.2) is 13.0 Å². The van der Waals surface area contributed by atoms with Crippen LogP contribution >= 0.6 is 34.8 Å². The molecule has 0 heterocycles. The molecular formula is C15H13Cl3N2O3. The smallest absolute Gasteiger partial charge is 0.265 e. The van der Waals surface area contributed by atoms with Crippen LogP contribution in [0.15, 0.2) is 30.3 Å². The lowest BCUT2D eigenvalue weighted by Crippen LogP contribution is -2.30. The molecule has 0 atom stereocenters. The summed E-state index contributed by atoms with van der Waals surface area (Å²) in [5.74, 6) is 5.25. The number of methoxy groups -OCH3 is 1. The molecule has 122 valence electrons. The van der Waals surface area contributed by atoms with Gasteiger partial charge >= 0.3 is 0 Å². The summed E-state index contributed by atoms with van der Waals surface area (Å²) in [7, 11) is 1.45. The van der Waals surface area contributed by atoms with Crippen molar-refractivity contribution in [2.45, 2.75) is 6.61 Å². The van der Waals surface area contributed by atoms with Crippen molar-refractivity contribution in [3.63, 3.8) is 0 Å². The highest BCUT2D eigenvalue weighted by Crippen LogP contribution is 2.37. The third-order valence-corrected chi connectivity index (χ3v) is 4.01. The van der Waals surface area contributed by atoms with Gasteiger partial charge in [0.2, 0.25) is 0 Å². The highest BCUT2D eigenvalue weighted by molar-refractivity contribution is 6.42. The van der Waals surface area contributed by atoms with Crippen molar-refractivity contribution in [1.29, 1.82) is 0 Å². The Morgan fingerprint density at radius 1 is 1.13 bits per heavy atom. The third-order valence-electron chi connectivity index (χ3n) is 2.99. The molecule has 2 aromatic rings. The normalized spacial score (nSPS) is 10.3. The largest absolute Gasteiger partial charge is 0.493 e. The second-order valence-electron chi connectivity index (χ2n) is 4.50. The summed E-state index contributed by atoms with van der Waals surface area (Å²) >= 11 is 18.0. The maximum atomic E-state index is 11.6. The first kappa shape index (κ1) is 17.7. The summed E-state index contributed by atoms with van der Waals surface area (Å²) in [6, 6.07) is 8.08. The second-order valence-corrected chi connectivity index (χ2v) is 5.72. The van der Waals surface area contributed by atoms with Gasteiger partial charge in [0.1, 0.15) is 6.61 Å². The first-order valence-electron chi connectivity index (χ1n) is 6.41. The minimum atomic E-state index is -0.485. The van der Waals surface area contributed by atoms with E-state index in [2.05, 4.69) is 0 Å². The topological polar surface area (TPSA) is 73.6 Å². The molecule has 2 rings (SSSR count). The molecule has 0 radical (unpaired) electrons. The molecule has 0 saturated heterocycles. The van der Waals surface area contributed by atoms with Crippen LogP contribution in [0.5, 0.6) is 11.5 Å². The molecule has 0 aliphatic carbocycles. The van der Waals surface area contributed by atoms with E-state index in [-0.39, 0.29) is 17.2 Å². The molecule has 0 aromatic heterocycles. The van der Waals surface area contributed by atoms with Crippen molar-refractivity contribution in [2.24, 2.45) is 5.84 Å². The van der Waals surface area contributed by atoms with E-state index in [9.17, 15) is 4.79 Å². The maximum Gasteiger partial charge on any atom is 0.265 e. The number of carbonyl (C=O) groups is 1. The highest BCUT2D eigenvalue weighted by atomic mass is 35.5. The van der Waals surface area contributed by atoms with Crippen LogP contribution in [0.3, 0.4) is 0 Å². The Morgan fingerprint density at radius 2 is 1.87 bits per heavy atom.